The highest BCUT2D eigenvalue weighted by atomic mass is 35.5. The molecular formula is C18H15ClN2O3. The first-order valence-electron chi connectivity index (χ1n) is 7.28. The number of nitrogens with zero attached hydrogens (tertiary/aromatic N) is 1. The minimum Gasteiger partial charge on any atom is -0.497 e. The quantitative estimate of drug-likeness (QED) is 0.763. The first-order chi connectivity index (χ1) is 11.7. The van der Waals surface area contributed by atoms with Gasteiger partial charge < -0.3 is 14.5 Å². The zero-order chi connectivity index (χ0) is 16.9. The number of carbonyl (C=O) groups is 1. The van der Waals surface area contributed by atoms with E-state index in [9.17, 15) is 4.79 Å². The summed E-state index contributed by atoms with van der Waals surface area (Å²) in [5.41, 5.74) is 1.95. The van der Waals surface area contributed by atoms with Crippen LogP contribution >= 0.6 is 11.6 Å². The third-order valence-corrected chi connectivity index (χ3v) is 3.75. The third kappa shape index (κ3) is 3.58. The van der Waals surface area contributed by atoms with Gasteiger partial charge in [-0.05, 0) is 42.0 Å². The molecule has 0 fully saturated rings. The molecule has 0 aliphatic carbocycles. The Morgan fingerprint density at radius 3 is 2.54 bits per heavy atom. The van der Waals surface area contributed by atoms with Crippen LogP contribution < -0.4 is 10.1 Å². The molecule has 0 aliphatic rings. The predicted molar refractivity (Wildman–Crippen MR) is 91.1 cm³/mol. The molecular weight excluding hydrogens is 328 g/mol. The van der Waals surface area contributed by atoms with Gasteiger partial charge in [-0.15, -0.1) is 0 Å². The lowest BCUT2D eigenvalue weighted by molar-refractivity contribution is 0.0947. The Morgan fingerprint density at radius 1 is 1.17 bits per heavy atom. The van der Waals surface area contributed by atoms with E-state index in [4.69, 9.17) is 20.8 Å². The Labute approximate surface area is 144 Å². The number of nitrogens with one attached hydrogen (secondary N) is 1. The third-order valence-electron chi connectivity index (χ3n) is 3.50. The molecule has 122 valence electrons. The number of halogens is 1. The molecule has 0 spiro atoms. The Hall–Kier alpha value is -2.79. The molecule has 1 heterocycles. The van der Waals surface area contributed by atoms with Crippen molar-refractivity contribution in [2.24, 2.45) is 0 Å². The monoisotopic (exact) mass is 342 g/mol. The highest BCUT2D eigenvalue weighted by Crippen LogP contribution is 2.25. The SMILES string of the molecule is COc1ccc(-c2ocnc2C(=O)NCc2ccc(Cl)cc2)cc1. The highest BCUT2D eigenvalue weighted by molar-refractivity contribution is 6.30. The summed E-state index contributed by atoms with van der Waals surface area (Å²) >= 11 is 5.85. The van der Waals surface area contributed by atoms with Gasteiger partial charge >= 0.3 is 0 Å². The van der Waals surface area contributed by atoms with Gasteiger partial charge in [-0.2, -0.15) is 0 Å². The predicted octanol–water partition coefficient (Wildman–Crippen LogP) is 3.93. The Balaban J connectivity index is 1.73. The van der Waals surface area contributed by atoms with Gasteiger partial charge in [0.05, 0.1) is 7.11 Å². The number of carbonyl (C=O) groups excluding carboxylic acids is 1. The standard InChI is InChI=1S/C18H15ClN2O3/c1-23-15-8-4-13(5-9-15)17-16(21-11-24-17)18(22)20-10-12-2-6-14(19)7-3-12/h2-9,11H,10H2,1H3,(H,20,22). The van der Waals surface area contributed by atoms with Crippen molar-refractivity contribution in [1.82, 2.24) is 10.3 Å². The van der Waals surface area contributed by atoms with E-state index >= 15 is 0 Å². The Kier molecular flexibility index (Phi) is 4.82. The number of aromatic nitrogens is 1. The maximum atomic E-state index is 12.4. The van der Waals surface area contributed by atoms with Crippen molar-refractivity contribution in [3.63, 3.8) is 0 Å². The van der Waals surface area contributed by atoms with Crippen LogP contribution in [0.25, 0.3) is 11.3 Å². The molecule has 2 aromatic carbocycles. The zero-order valence-corrected chi connectivity index (χ0v) is 13.7. The van der Waals surface area contributed by atoms with Gasteiger partial charge in [0.15, 0.2) is 17.8 Å². The minimum atomic E-state index is -0.301. The molecule has 1 N–H and O–H groups in total. The number of rotatable bonds is 5. The average molecular weight is 343 g/mol. The van der Waals surface area contributed by atoms with Gasteiger partial charge in [0.1, 0.15) is 5.75 Å². The van der Waals surface area contributed by atoms with Crippen LogP contribution in [0.3, 0.4) is 0 Å². The van der Waals surface area contributed by atoms with Crippen LogP contribution in [-0.4, -0.2) is 18.0 Å². The molecule has 0 saturated carbocycles. The molecule has 0 aliphatic heterocycles. The van der Waals surface area contributed by atoms with E-state index in [1.54, 1.807) is 31.4 Å². The molecule has 0 saturated heterocycles. The first-order valence-corrected chi connectivity index (χ1v) is 7.65. The molecule has 0 bridgehead atoms. The van der Waals surface area contributed by atoms with Gasteiger partial charge in [-0.3, -0.25) is 4.79 Å². The number of hydrogen-bond donors (Lipinski definition) is 1. The molecule has 0 radical (unpaired) electrons. The fourth-order valence-electron chi connectivity index (χ4n) is 2.22. The molecule has 0 atom stereocenters. The van der Waals surface area contributed by atoms with Crippen molar-refractivity contribution >= 4 is 17.5 Å². The molecule has 6 heteroatoms. The van der Waals surface area contributed by atoms with Gasteiger partial charge in [0.25, 0.3) is 5.91 Å². The normalized spacial score (nSPS) is 10.4. The van der Waals surface area contributed by atoms with Crippen molar-refractivity contribution in [2.45, 2.75) is 6.54 Å². The van der Waals surface area contributed by atoms with Crippen molar-refractivity contribution in [3.8, 4) is 17.1 Å². The summed E-state index contributed by atoms with van der Waals surface area (Å²) in [6, 6.07) is 14.5. The van der Waals surface area contributed by atoms with E-state index in [0.29, 0.717) is 17.3 Å². The lowest BCUT2D eigenvalue weighted by Gasteiger charge is -2.06. The summed E-state index contributed by atoms with van der Waals surface area (Å²) in [6.07, 6.45) is 1.26. The second-order valence-corrected chi connectivity index (χ2v) is 5.50. The van der Waals surface area contributed by atoms with Crippen LogP contribution in [0.4, 0.5) is 0 Å². The van der Waals surface area contributed by atoms with E-state index in [1.807, 2.05) is 24.3 Å². The molecule has 5 nitrogen and oxygen atoms in total. The number of oxazole rings is 1. The molecule has 0 unspecified atom stereocenters. The van der Waals surface area contributed by atoms with Gasteiger partial charge in [0.2, 0.25) is 0 Å². The van der Waals surface area contributed by atoms with Crippen LogP contribution in [-0.2, 0) is 6.54 Å². The molecule has 1 aromatic heterocycles. The first kappa shape index (κ1) is 16.1. The Morgan fingerprint density at radius 2 is 1.88 bits per heavy atom. The summed E-state index contributed by atoms with van der Waals surface area (Å²) < 4.78 is 10.5. The molecule has 1 amide bonds. The van der Waals surface area contributed by atoms with E-state index in [1.165, 1.54) is 6.39 Å². The van der Waals surface area contributed by atoms with E-state index in [-0.39, 0.29) is 11.6 Å². The van der Waals surface area contributed by atoms with Gasteiger partial charge in [-0.1, -0.05) is 23.7 Å². The largest absolute Gasteiger partial charge is 0.497 e. The second-order valence-electron chi connectivity index (χ2n) is 5.07. The van der Waals surface area contributed by atoms with Crippen molar-refractivity contribution in [2.75, 3.05) is 7.11 Å². The summed E-state index contributed by atoms with van der Waals surface area (Å²) in [5.74, 6) is 0.850. The fourth-order valence-corrected chi connectivity index (χ4v) is 2.35. The maximum Gasteiger partial charge on any atom is 0.274 e. The number of amides is 1. The summed E-state index contributed by atoms with van der Waals surface area (Å²) in [7, 11) is 1.60. The lowest BCUT2D eigenvalue weighted by atomic mass is 10.1. The number of benzene rings is 2. The van der Waals surface area contributed by atoms with E-state index < -0.39 is 0 Å². The summed E-state index contributed by atoms with van der Waals surface area (Å²) in [4.78, 5) is 16.4. The second kappa shape index (κ2) is 7.19. The number of hydrogen-bond acceptors (Lipinski definition) is 4. The molecule has 3 aromatic rings. The van der Waals surface area contributed by atoms with Crippen LogP contribution in [0, 0.1) is 0 Å². The lowest BCUT2D eigenvalue weighted by Crippen LogP contribution is -2.23. The maximum absolute atomic E-state index is 12.4. The fraction of sp³-hybridized carbons (Fsp3) is 0.111. The van der Waals surface area contributed by atoms with Gasteiger partial charge in [0, 0.05) is 17.1 Å². The van der Waals surface area contributed by atoms with Crippen LogP contribution in [0.1, 0.15) is 16.1 Å². The van der Waals surface area contributed by atoms with Crippen LogP contribution in [0.2, 0.25) is 5.02 Å². The van der Waals surface area contributed by atoms with Crippen LogP contribution in [0.5, 0.6) is 5.75 Å². The topological polar surface area (TPSA) is 64.4 Å². The van der Waals surface area contributed by atoms with Crippen molar-refractivity contribution in [3.05, 3.63) is 71.2 Å². The summed E-state index contributed by atoms with van der Waals surface area (Å²) in [6.45, 7) is 0.380. The van der Waals surface area contributed by atoms with Crippen molar-refractivity contribution in [1.29, 1.82) is 0 Å². The minimum absolute atomic E-state index is 0.245. The molecule has 3 rings (SSSR count). The zero-order valence-electron chi connectivity index (χ0n) is 13.0. The average Bonchev–Trinajstić information content (AvgIpc) is 3.11. The van der Waals surface area contributed by atoms with E-state index in [2.05, 4.69) is 10.3 Å². The number of methoxy groups -OCH3 is 1. The van der Waals surface area contributed by atoms with E-state index in [0.717, 1.165) is 16.9 Å². The Bertz CT molecular complexity index is 826. The number of ether oxygens (including phenoxy) is 1. The smallest absolute Gasteiger partial charge is 0.274 e. The van der Waals surface area contributed by atoms with Gasteiger partial charge in [-0.25, -0.2) is 4.98 Å². The highest BCUT2D eigenvalue weighted by Gasteiger charge is 2.18. The van der Waals surface area contributed by atoms with Crippen molar-refractivity contribution < 1.29 is 13.9 Å². The van der Waals surface area contributed by atoms with Crippen LogP contribution in [0.15, 0.2) is 59.3 Å². The summed E-state index contributed by atoms with van der Waals surface area (Å²) in [5, 5.41) is 3.48. The molecule has 24 heavy (non-hydrogen) atoms.